The zero-order valence-electron chi connectivity index (χ0n) is 66.5. The maximum Gasteiger partial charge on any atom is 0.0605 e. The maximum atomic E-state index is 9.47. The van der Waals surface area contributed by atoms with E-state index in [-0.39, 0.29) is 64.0 Å². The maximum absolute atomic E-state index is 9.47. The van der Waals surface area contributed by atoms with E-state index < -0.39 is 0 Å². The van der Waals surface area contributed by atoms with E-state index in [4.69, 9.17) is 20.4 Å². The number of hydrogen-bond acceptors (Lipinski definition) is 19. The molecule has 0 heterocycles. The highest BCUT2D eigenvalue weighted by Crippen LogP contribution is 2.30. The van der Waals surface area contributed by atoms with Crippen molar-refractivity contribution in [3.05, 3.63) is 0 Å². The van der Waals surface area contributed by atoms with Gasteiger partial charge in [-0.2, -0.15) is 0 Å². The second-order valence-corrected chi connectivity index (χ2v) is 34.2. The van der Waals surface area contributed by atoms with Crippen LogP contribution in [0.25, 0.3) is 0 Å². The van der Waals surface area contributed by atoms with Crippen molar-refractivity contribution < 1.29 is 51.1 Å². The van der Waals surface area contributed by atoms with Crippen LogP contribution in [0.2, 0.25) is 0 Å². The third-order valence-corrected chi connectivity index (χ3v) is 20.3. The number of hydrogen-bond donors (Lipinski definition) is 19. The molecule has 9 saturated carbocycles. The number of rotatable bonds is 23. The van der Waals surface area contributed by atoms with Crippen LogP contribution in [0.3, 0.4) is 0 Å². The molecule has 0 aromatic rings. The Morgan fingerprint density at radius 1 is 0.240 bits per heavy atom. The molecule has 0 aliphatic heterocycles. The minimum Gasteiger partial charge on any atom is -0.396 e. The normalized spacial score (nSPS) is 32.2. The van der Waals surface area contributed by atoms with Crippen LogP contribution >= 0.6 is 0 Å². The van der Waals surface area contributed by atoms with Crippen LogP contribution in [-0.4, -0.2) is 223 Å². The van der Waals surface area contributed by atoms with E-state index in [0.717, 1.165) is 129 Å². The Labute approximate surface area is 617 Å². The highest BCUT2D eigenvalue weighted by atomic mass is 16.3. The van der Waals surface area contributed by atoms with Crippen LogP contribution in [0.5, 0.6) is 0 Å². The van der Waals surface area contributed by atoms with E-state index in [1.54, 1.807) is 0 Å². The van der Waals surface area contributed by atoms with Gasteiger partial charge in [-0.3, -0.25) is 0 Å². The van der Waals surface area contributed by atoms with Gasteiger partial charge in [0.25, 0.3) is 0 Å². The molecule has 0 spiro atoms. The highest BCUT2D eigenvalue weighted by molar-refractivity contribution is 4.89. The summed E-state index contributed by atoms with van der Waals surface area (Å²) in [5.41, 5.74) is 0. The zero-order chi connectivity index (χ0) is 73.9. The minimum absolute atomic E-state index is 0. The van der Waals surface area contributed by atoms with Gasteiger partial charge in [-0.05, 0) is 210 Å². The second-order valence-electron chi connectivity index (χ2n) is 34.2. The van der Waals surface area contributed by atoms with Crippen LogP contribution in [-0.2, 0) is 0 Å². The molecule has 9 rings (SSSR count). The van der Waals surface area contributed by atoms with Crippen molar-refractivity contribution in [1.82, 2.24) is 47.9 Å². The van der Waals surface area contributed by atoms with Gasteiger partial charge in [0.1, 0.15) is 0 Å². The Morgan fingerprint density at radius 2 is 0.530 bits per heavy atom. The first-order valence-electron chi connectivity index (χ1n) is 40.5. The lowest BCUT2D eigenvalue weighted by Crippen LogP contribution is -2.45. The summed E-state index contributed by atoms with van der Waals surface area (Å²) in [6.07, 6.45) is 29.8. The molecule has 0 unspecified atom stereocenters. The number of aliphatic hydroxyl groups excluding tert-OH is 10. The van der Waals surface area contributed by atoms with Gasteiger partial charge in [0, 0.05) is 135 Å². The lowest BCUT2D eigenvalue weighted by atomic mass is 9.80. The molecule has 0 saturated heterocycles. The fraction of sp³-hybridized carbons (Fsp3) is 1.00. The average molecular weight is 1440 g/mol. The first-order valence-corrected chi connectivity index (χ1v) is 40.5. The van der Waals surface area contributed by atoms with Gasteiger partial charge in [-0.1, -0.05) is 139 Å². The fourth-order valence-electron chi connectivity index (χ4n) is 15.5. The third kappa shape index (κ3) is 53.1. The monoisotopic (exact) mass is 1430 g/mol. The quantitative estimate of drug-likeness (QED) is 0.0452. The van der Waals surface area contributed by atoms with Crippen molar-refractivity contribution in [3.63, 3.8) is 0 Å². The van der Waals surface area contributed by atoms with Crippen LogP contribution in [0, 0.1) is 29.6 Å². The summed E-state index contributed by atoms with van der Waals surface area (Å²) < 4.78 is 0. The summed E-state index contributed by atoms with van der Waals surface area (Å²) in [7, 11) is 0. The Kier molecular flexibility index (Phi) is 60.0. The molecule has 19 N–H and O–H groups in total. The molecule has 0 aromatic carbocycles. The molecule has 0 radical (unpaired) electrons. The van der Waals surface area contributed by atoms with Gasteiger partial charge >= 0.3 is 0 Å². The van der Waals surface area contributed by atoms with Gasteiger partial charge in [0.05, 0.1) is 36.6 Å². The predicted octanol–water partition coefficient (Wildman–Crippen LogP) is 10.3. The first-order chi connectivity index (χ1) is 46.2. The van der Waals surface area contributed by atoms with Gasteiger partial charge in [0.15, 0.2) is 0 Å². The SMILES string of the molecule is C.C.CC(C)NC1CC(CO)C1.CC(C)NC1CCC(CO)CC1.CC(C)NC1CCC(O)CC1.CC(C)NC[C@H]1CC[C@H](O)C1.CC(C)N[C@@H]1CCC[C@@H](O)C1.CC(C)N[C@@H]1CC[C@@H](CO)C1.CC(C)N[C@@H]1CC[C@@H](O)C1.CC(C)N[C@@H]1CC[C@H](O)C1.CC(C)N[C@H]1C[C@H](CO)[C@H](O)C1. The molecular formula is C81H175N9O10. The summed E-state index contributed by atoms with van der Waals surface area (Å²) in [6.45, 7) is 41.1. The fourth-order valence-corrected chi connectivity index (χ4v) is 15.5. The van der Waals surface area contributed by atoms with Crippen molar-refractivity contribution in [3.8, 4) is 0 Å². The van der Waals surface area contributed by atoms with E-state index in [1.165, 1.54) is 57.8 Å². The molecule has 9 aliphatic rings. The molecule has 19 heteroatoms. The summed E-state index contributed by atoms with van der Waals surface area (Å²) in [5.74, 6) is 2.52. The van der Waals surface area contributed by atoms with Gasteiger partial charge in [0.2, 0.25) is 0 Å². The molecule has 0 amide bonds. The Bertz CT molecular complexity index is 1770. The van der Waals surface area contributed by atoms with Crippen LogP contribution < -0.4 is 47.9 Å². The van der Waals surface area contributed by atoms with E-state index in [9.17, 15) is 30.6 Å². The van der Waals surface area contributed by atoms with Gasteiger partial charge in [-0.25, -0.2) is 0 Å². The molecule has 19 nitrogen and oxygen atoms in total. The number of nitrogens with one attached hydrogen (secondary N) is 9. The largest absolute Gasteiger partial charge is 0.396 e. The van der Waals surface area contributed by atoms with Crippen molar-refractivity contribution in [2.75, 3.05) is 33.0 Å². The molecular weight excluding hydrogens is 1260 g/mol. The summed E-state index contributed by atoms with van der Waals surface area (Å²) in [5, 5.41) is 122. The molecule has 13 atom stereocenters. The molecule has 9 fully saturated rings. The van der Waals surface area contributed by atoms with Crippen molar-refractivity contribution >= 4 is 0 Å². The van der Waals surface area contributed by atoms with Gasteiger partial charge < -0.3 is 98.9 Å². The Hall–Kier alpha value is -0.760. The number of aliphatic hydroxyl groups is 10. The molecule has 0 aromatic heterocycles. The van der Waals surface area contributed by atoms with E-state index in [1.807, 2.05) is 0 Å². The molecule has 9 aliphatic carbocycles. The summed E-state index contributed by atoms with van der Waals surface area (Å²) in [4.78, 5) is 0. The van der Waals surface area contributed by atoms with Crippen LogP contribution in [0.4, 0.5) is 0 Å². The predicted molar refractivity (Wildman–Crippen MR) is 424 cm³/mol. The molecule has 100 heavy (non-hydrogen) atoms. The lowest BCUT2D eigenvalue weighted by molar-refractivity contribution is 0.0907. The molecule has 604 valence electrons. The van der Waals surface area contributed by atoms with Crippen molar-refractivity contribution in [2.24, 2.45) is 29.6 Å². The van der Waals surface area contributed by atoms with E-state index in [0.29, 0.717) is 146 Å². The standard InChI is InChI=1S/C10H21NO.C9H19NO2.4C9H19NO.3C8H17NO.2CH4/c1-8(2)11-10-5-3-9(7-12)4-6-10;1-6(2)10-8-3-7(5-11)9(12)4-8;1-7(2)10-8-3-5-9(11)6-4-8;1-7(2)10-9-4-3-8(5-9)6-11;1-7(2)10-6-8-3-4-9(11)5-8;1-7(2)10-8-4-3-5-9(11)6-8;1-6(2)9-8-3-7(4-8)5-10;2*1-6(2)9-7-3-4-8(10)5-7;;/h8-12H,3-7H2,1-2H3;6-12H,3-5H2,1-2H3;4*7-11H,3-6H2,1-2H3;3*6-10H,3-5H2,1-2H3;2*1H4/t;7-,8+,9-;;3*8-,9-;;7-,8+;7-,8-;;/m.1.101.11../s1. The minimum atomic E-state index is -0.314. The van der Waals surface area contributed by atoms with E-state index >= 15 is 0 Å². The average Bonchev–Trinajstić information content (AvgIpc) is 0.985. The smallest absolute Gasteiger partial charge is 0.0605 e. The van der Waals surface area contributed by atoms with Crippen molar-refractivity contribution in [1.29, 1.82) is 0 Å². The summed E-state index contributed by atoms with van der Waals surface area (Å²) >= 11 is 0. The summed E-state index contributed by atoms with van der Waals surface area (Å²) in [6, 6.07) is 9.79. The van der Waals surface area contributed by atoms with Crippen LogP contribution in [0.15, 0.2) is 0 Å². The van der Waals surface area contributed by atoms with Crippen LogP contribution in [0.1, 0.15) is 319 Å². The topological polar surface area (TPSA) is 311 Å². The van der Waals surface area contributed by atoms with Gasteiger partial charge in [-0.15, -0.1) is 0 Å². The van der Waals surface area contributed by atoms with E-state index in [2.05, 4.69) is 172 Å². The highest BCUT2D eigenvalue weighted by Gasteiger charge is 2.33. The Morgan fingerprint density at radius 3 is 0.860 bits per heavy atom. The zero-order valence-corrected chi connectivity index (χ0v) is 66.5. The molecule has 0 bridgehead atoms. The Balaban J connectivity index is 0. The third-order valence-electron chi connectivity index (χ3n) is 20.3. The lowest BCUT2D eigenvalue weighted by Gasteiger charge is -2.36. The second kappa shape index (κ2) is 59.2. The van der Waals surface area contributed by atoms with Crippen molar-refractivity contribution in [2.45, 2.75) is 459 Å². The first kappa shape index (κ1) is 101.